The molecule has 0 spiro atoms. The van der Waals surface area contributed by atoms with Gasteiger partial charge in [0.05, 0.1) is 11.3 Å². The summed E-state index contributed by atoms with van der Waals surface area (Å²) in [6.45, 7) is 6.28. The normalized spacial score (nSPS) is 16.0. The van der Waals surface area contributed by atoms with Crippen LogP contribution in [0.25, 0.3) is 11.7 Å². The summed E-state index contributed by atoms with van der Waals surface area (Å²) in [5, 5.41) is 26.1. The summed E-state index contributed by atoms with van der Waals surface area (Å²) < 4.78 is 1.25. The Morgan fingerprint density at radius 3 is 2.69 bits per heavy atom. The first-order valence-corrected chi connectivity index (χ1v) is 13.2. The van der Waals surface area contributed by atoms with Crippen molar-refractivity contribution in [1.82, 2.24) is 19.7 Å². The van der Waals surface area contributed by atoms with Crippen LogP contribution in [-0.2, 0) is 15.0 Å². The molecule has 0 aliphatic carbocycles. The topological polar surface area (TPSA) is 166 Å². The van der Waals surface area contributed by atoms with E-state index in [-0.39, 0.29) is 34.0 Å². The molecule has 0 bridgehead atoms. The Morgan fingerprint density at radius 2 is 2.03 bits per heavy atom. The van der Waals surface area contributed by atoms with E-state index in [1.807, 2.05) is 26.2 Å². The number of piperidine rings is 1. The Morgan fingerprint density at radius 1 is 1.26 bits per heavy atom. The van der Waals surface area contributed by atoms with Crippen LogP contribution in [0.15, 0.2) is 34.6 Å². The lowest BCUT2D eigenvalue weighted by molar-refractivity contribution is -0.131. The Hall–Kier alpha value is -4.10. The van der Waals surface area contributed by atoms with Gasteiger partial charge in [-0.2, -0.15) is 0 Å². The van der Waals surface area contributed by atoms with Gasteiger partial charge in [-0.05, 0) is 31.1 Å². The lowest BCUT2D eigenvalue weighted by Gasteiger charge is -2.34. The predicted octanol–water partition coefficient (Wildman–Crippen LogP) is 1.88. The average Bonchev–Trinajstić information content (AvgIpc) is 3.37. The lowest BCUT2D eigenvalue weighted by atomic mass is 9.93. The van der Waals surface area contributed by atoms with Crippen molar-refractivity contribution in [1.29, 1.82) is 0 Å². The van der Waals surface area contributed by atoms with Gasteiger partial charge in [0.1, 0.15) is 18.1 Å². The molecule has 12 nitrogen and oxygen atoms in total. The second kappa shape index (κ2) is 11.3. The van der Waals surface area contributed by atoms with E-state index in [1.54, 1.807) is 4.90 Å². The fraction of sp³-hybridized carbons (Fsp3) is 0.385. The smallest absolute Gasteiger partial charge is 0.328 e. The zero-order chi connectivity index (χ0) is 28.3. The second-order valence-electron chi connectivity index (χ2n) is 10.2. The highest BCUT2D eigenvalue weighted by Crippen LogP contribution is 2.27. The van der Waals surface area contributed by atoms with Gasteiger partial charge in [0.15, 0.2) is 5.13 Å². The standard InChI is InChI=1S/C26H30N6O6S/c1-26(2,3)18-14-39-25(28-18)30-23(37)15-8-10-32-19(11-15)29-22(17(24(32)38)6-7-21(35)36)31-9-4-5-16(12-31)27-20(34)13-33/h6-8,10-11,14,16,33H,4-5,9,12-13H2,1-3H3,(H,27,34)(H,35,36)(H,28,30,37)/t16-/m0/s1. The minimum atomic E-state index is -1.22. The van der Waals surface area contributed by atoms with Crippen LogP contribution >= 0.6 is 11.3 Å². The van der Waals surface area contributed by atoms with Crippen molar-refractivity contribution < 1.29 is 24.6 Å². The van der Waals surface area contributed by atoms with Gasteiger partial charge in [-0.3, -0.25) is 24.1 Å². The number of rotatable bonds is 7. The van der Waals surface area contributed by atoms with Crippen LogP contribution < -0.4 is 21.1 Å². The molecule has 3 aromatic rings. The molecule has 4 heterocycles. The molecule has 1 atom stereocenters. The molecule has 1 saturated heterocycles. The van der Waals surface area contributed by atoms with Gasteiger partial charge in [-0.15, -0.1) is 11.3 Å². The average molecular weight is 555 g/mol. The Kier molecular flexibility index (Phi) is 8.11. The van der Waals surface area contributed by atoms with Gasteiger partial charge >= 0.3 is 5.97 Å². The molecule has 3 aromatic heterocycles. The molecule has 0 aromatic carbocycles. The summed E-state index contributed by atoms with van der Waals surface area (Å²) in [5.41, 5.74) is 0.725. The van der Waals surface area contributed by atoms with E-state index in [2.05, 4.69) is 20.6 Å². The lowest BCUT2D eigenvalue weighted by Crippen LogP contribution is -2.49. The third kappa shape index (κ3) is 6.49. The number of aliphatic carboxylic acids is 1. The van der Waals surface area contributed by atoms with E-state index in [0.29, 0.717) is 31.1 Å². The van der Waals surface area contributed by atoms with Crippen molar-refractivity contribution in [2.45, 2.75) is 45.1 Å². The minimum Gasteiger partial charge on any atom is -0.478 e. The minimum absolute atomic E-state index is 0.0683. The van der Waals surface area contributed by atoms with Crippen molar-refractivity contribution >= 4 is 51.8 Å². The van der Waals surface area contributed by atoms with E-state index in [4.69, 9.17) is 10.2 Å². The highest BCUT2D eigenvalue weighted by atomic mass is 32.1. The number of amides is 2. The molecular formula is C26H30N6O6S. The molecule has 13 heteroatoms. The number of anilines is 2. The van der Waals surface area contributed by atoms with Gasteiger partial charge in [0.25, 0.3) is 11.5 Å². The second-order valence-corrected chi connectivity index (χ2v) is 11.1. The summed E-state index contributed by atoms with van der Waals surface area (Å²) >= 11 is 1.32. The van der Waals surface area contributed by atoms with Crippen LogP contribution in [0.3, 0.4) is 0 Å². The first-order chi connectivity index (χ1) is 18.5. The zero-order valence-electron chi connectivity index (χ0n) is 21.8. The fourth-order valence-electron chi connectivity index (χ4n) is 4.23. The number of carbonyl (C=O) groups excluding carboxylic acids is 2. The summed E-state index contributed by atoms with van der Waals surface area (Å²) in [6.07, 6.45) is 4.83. The SMILES string of the molecule is CC(C)(C)c1csc(NC(=O)c2ccn3c(=O)c(C=CC(=O)O)c(N4CCC[C@H](NC(=O)CO)C4)nc3c2)n1. The number of aromatic nitrogens is 3. The van der Waals surface area contributed by atoms with E-state index >= 15 is 0 Å². The number of aliphatic hydroxyl groups excluding tert-OH is 1. The van der Waals surface area contributed by atoms with Crippen LogP contribution in [0, 0.1) is 0 Å². The van der Waals surface area contributed by atoms with Gasteiger partial charge in [-0.25, -0.2) is 14.8 Å². The summed E-state index contributed by atoms with van der Waals surface area (Å²) in [7, 11) is 0. The number of carbonyl (C=O) groups is 3. The van der Waals surface area contributed by atoms with E-state index in [9.17, 15) is 19.2 Å². The summed E-state index contributed by atoms with van der Waals surface area (Å²) in [6, 6.07) is 2.68. The van der Waals surface area contributed by atoms with Crippen LogP contribution in [0.4, 0.5) is 10.9 Å². The van der Waals surface area contributed by atoms with E-state index in [0.717, 1.165) is 11.8 Å². The van der Waals surface area contributed by atoms with Crippen molar-refractivity contribution in [3.8, 4) is 0 Å². The molecular weight excluding hydrogens is 524 g/mol. The number of fused-ring (bicyclic) bond motifs is 1. The van der Waals surface area contributed by atoms with Crippen molar-refractivity contribution in [2.75, 3.05) is 29.9 Å². The molecule has 39 heavy (non-hydrogen) atoms. The zero-order valence-corrected chi connectivity index (χ0v) is 22.6. The fourth-order valence-corrected chi connectivity index (χ4v) is 5.16. The maximum Gasteiger partial charge on any atom is 0.328 e. The van der Waals surface area contributed by atoms with Crippen LogP contribution in [0.2, 0.25) is 0 Å². The van der Waals surface area contributed by atoms with Crippen LogP contribution in [-0.4, -0.2) is 68.1 Å². The Bertz CT molecular complexity index is 1500. The van der Waals surface area contributed by atoms with Gasteiger partial charge in [0.2, 0.25) is 5.91 Å². The molecule has 4 N–H and O–H groups in total. The first-order valence-electron chi connectivity index (χ1n) is 12.4. The summed E-state index contributed by atoms with van der Waals surface area (Å²) in [5.74, 6) is -1.90. The monoisotopic (exact) mass is 554 g/mol. The number of nitrogens with zero attached hydrogens (tertiary/aromatic N) is 4. The number of nitrogens with one attached hydrogen (secondary N) is 2. The number of carboxylic acids is 1. The number of thiazole rings is 1. The van der Waals surface area contributed by atoms with Crippen LogP contribution in [0.5, 0.6) is 0 Å². The van der Waals surface area contributed by atoms with E-state index in [1.165, 1.54) is 40.1 Å². The molecule has 4 rings (SSSR count). The first kappa shape index (κ1) is 27.9. The number of hydrogen-bond donors (Lipinski definition) is 4. The number of aliphatic hydroxyl groups is 1. The number of pyridine rings is 1. The Labute approximate surface area is 228 Å². The molecule has 2 amide bonds. The maximum absolute atomic E-state index is 13.4. The third-order valence-electron chi connectivity index (χ3n) is 6.22. The highest BCUT2D eigenvalue weighted by molar-refractivity contribution is 7.14. The molecule has 1 aliphatic rings. The van der Waals surface area contributed by atoms with E-state index < -0.39 is 29.9 Å². The number of carboxylic acid groups (broad SMARTS) is 1. The maximum atomic E-state index is 13.4. The van der Waals surface area contributed by atoms with Crippen molar-refractivity contribution in [3.05, 3.63) is 57.0 Å². The van der Waals surface area contributed by atoms with Gasteiger partial charge in [0, 0.05) is 47.8 Å². The van der Waals surface area contributed by atoms with Crippen molar-refractivity contribution in [3.63, 3.8) is 0 Å². The van der Waals surface area contributed by atoms with Crippen LogP contribution in [0.1, 0.15) is 55.2 Å². The largest absolute Gasteiger partial charge is 0.478 e. The van der Waals surface area contributed by atoms with Gasteiger partial charge < -0.3 is 20.4 Å². The third-order valence-corrected chi connectivity index (χ3v) is 6.98. The molecule has 0 unspecified atom stereocenters. The quantitative estimate of drug-likeness (QED) is 0.319. The van der Waals surface area contributed by atoms with Crippen molar-refractivity contribution in [2.24, 2.45) is 0 Å². The summed E-state index contributed by atoms with van der Waals surface area (Å²) in [4.78, 5) is 60.3. The predicted molar refractivity (Wildman–Crippen MR) is 147 cm³/mol. The molecule has 0 radical (unpaired) electrons. The Balaban J connectivity index is 1.70. The highest BCUT2D eigenvalue weighted by Gasteiger charge is 2.26. The molecule has 206 valence electrons. The number of hydrogen-bond acceptors (Lipinski definition) is 9. The molecule has 1 fully saturated rings. The van der Waals surface area contributed by atoms with Gasteiger partial charge in [-0.1, -0.05) is 20.8 Å². The molecule has 1 aliphatic heterocycles. The molecule has 0 saturated carbocycles.